The van der Waals surface area contributed by atoms with E-state index < -0.39 is 11.9 Å². The van der Waals surface area contributed by atoms with Crippen LogP contribution in [0.5, 0.6) is 0 Å². The smallest absolute Gasteiger partial charge is 0.300 e. The molecule has 0 aliphatic carbocycles. The van der Waals surface area contributed by atoms with Gasteiger partial charge in [0.1, 0.15) is 0 Å². The van der Waals surface area contributed by atoms with Crippen LogP contribution in [0.3, 0.4) is 0 Å². The van der Waals surface area contributed by atoms with Gasteiger partial charge in [-0.1, -0.05) is 19.1 Å². The Hall–Kier alpha value is 0.874. The molecule has 3 aliphatic rings. The van der Waals surface area contributed by atoms with Crippen LogP contribution in [0.2, 0.25) is 0 Å². The Bertz CT molecular complexity index is 1220. The zero-order valence-corrected chi connectivity index (χ0v) is 44.1. The average Bonchev–Trinajstić information content (AvgIpc) is 3.19. The second kappa shape index (κ2) is 64.5. The van der Waals surface area contributed by atoms with Gasteiger partial charge in [-0.3, -0.25) is 9.59 Å². The van der Waals surface area contributed by atoms with Gasteiger partial charge in [-0.15, -0.1) is 11.8 Å². The van der Waals surface area contributed by atoms with Crippen LogP contribution in [0.15, 0.2) is 12.2 Å². The number of rotatable bonds is 12. The standard InChI is InChI=1S/C16H28O4.C12H20O2.2C2H4O2.C2H6O.CH3.Ni.S6.S5/c1(5-11-17-15-9-3-7-13-19-15)2-6-12-18-16-10-4-8-14-20-16;1-2-3-4-5-7-10-13-12-9-6-8-11-14-12;2*1-2(3)4;1-2-3;;;1-3-5-6-4-2;1-3-5-4-2/h1-2,15-16H,3-14H2;12H,2-3,6-11H2,1H3;2*1H3,(H,3,4);3H,2H2,1H3;1H3;;;/q;;;;;-1;;;/b2-1-;;;;;;;;. The summed E-state index contributed by atoms with van der Waals surface area (Å²) in [6.45, 7) is 11.0. The summed E-state index contributed by atoms with van der Waals surface area (Å²) >= 11 is 17.9. The summed E-state index contributed by atoms with van der Waals surface area (Å²) in [7, 11) is 9.58. The molecule has 0 saturated carbocycles. The summed E-state index contributed by atoms with van der Waals surface area (Å²) in [4.78, 5) is 18.0. The third kappa shape index (κ3) is 74.3. The Labute approximate surface area is 398 Å². The number of aliphatic hydroxyl groups is 1. The fourth-order valence-corrected chi connectivity index (χ4v) is 12.1. The van der Waals surface area contributed by atoms with Crippen LogP contribution in [0.1, 0.15) is 118 Å². The first kappa shape index (κ1) is 70.5. The molecule has 58 heavy (non-hydrogen) atoms. The predicted octanol–water partition coefficient (Wildman–Crippen LogP) is 6.73. The number of carboxylic acids is 2. The number of hydrogen-bond acceptors (Lipinski definition) is 13. The molecular weight excluding hydrogens is 1010 g/mol. The molecule has 3 N–H and O–H groups in total. The fraction of sp³-hybridized carbons (Fsp3) is 0.800. The Morgan fingerprint density at radius 3 is 1.21 bits per heavy atom. The minimum absolute atomic E-state index is 0. The molecule has 3 fully saturated rings. The van der Waals surface area contributed by atoms with E-state index in [4.69, 9.17) is 53.3 Å². The normalized spacial score (nSPS) is 17.1. The van der Waals surface area contributed by atoms with E-state index in [2.05, 4.69) is 75.7 Å². The molecule has 3 rings (SSSR count). The first-order valence-corrected chi connectivity index (χ1v) is 30.1. The second-order valence-corrected chi connectivity index (χ2v) is 23.1. The topological polar surface area (TPSA) is 150 Å². The van der Waals surface area contributed by atoms with Gasteiger partial charge < -0.3 is 51.2 Å². The molecule has 3 atom stereocenters. The minimum atomic E-state index is -0.833. The monoisotopic (exact) mass is 1070 g/mol. The van der Waals surface area contributed by atoms with E-state index in [-0.39, 0.29) is 49.4 Å². The molecule has 348 valence electrons. The molecule has 23 heteroatoms. The van der Waals surface area contributed by atoms with E-state index in [9.17, 15) is 0 Å². The maximum absolute atomic E-state index is 9.00. The van der Waals surface area contributed by atoms with Gasteiger partial charge in [0.05, 0.1) is 19.8 Å². The zero-order valence-electron chi connectivity index (χ0n) is 34.2. The molecule has 0 amide bonds. The van der Waals surface area contributed by atoms with Crippen LogP contribution in [0.25, 0.3) is 0 Å². The Balaban J connectivity index is -0.000000155. The number of unbranched alkanes of at least 4 members (excludes halogenated alkanes) is 1. The number of ether oxygens (including phenoxy) is 6. The molecule has 3 saturated heterocycles. The number of carbonyl (C=O) groups is 2. The van der Waals surface area contributed by atoms with E-state index in [1.807, 2.05) is 0 Å². The van der Waals surface area contributed by atoms with E-state index in [0.29, 0.717) is 6.61 Å². The summed E-state index contributed by atoms with van der Waals surface area (Å²) in [6.07, 6.45) is 19.6. The van der Waals surface area contributed by atoms with Gasteiger partial charge in [0.15, 0.2) is 18.9 Å². The molecule has 3 unspecified atom stereocenters. The predicted molar refractivity (Wildman–Crippen MR) is 261 cm³/mol. The quantitative estimate of drug-likeness (QED) is 0.0623. The van der Waals surface area contributed by atoms with Crippen LogP contribution < -0.4 is 0 Å². The van der Waals surface area contributed by atoms with Crippen molar-refractivity contribution in [2.75, 3.05) is 46.2 Å². The summed E-state index contributed by atoms with van der Waals surface area (Å²) in [6, 6.07) is 0. The molecule has 0 aromatic carbocycles. The van der Waals surface area contributed by atoms with Gasteiger partial charge >= 0.3 is 0 Å². The van der Waals surface area contributed by atoms with Crippen LogP contribution in [0, 0.1) is 19.3 Å². The molecule has 0 aromatic heterocycles. The third-order valence-electron chi connectivity index (χ3n) is 5.93. The second-order valence-electron chi connectivity index (χ2n) is 10.7. The molecular formula is C35H65NiO11S11-. The summed E-state index contributed by atoms with van der Waals surface area (Å²) in [5, 5.41) is 22.4. The van der Waals surface area contributed by atoms with Crippen LogP contribution in [0.4, 0.5) is 0 Å². The Morgan fingerprint density at radius 1 is 0.638 bits per heavy atom. The van der Waals surface area contributed by atoms with E-state index in [1.54, 1.807) is 6.92 Å². The van der Waals surface area contributed by atoms with Crippen molar-refractivity contribution in [1.29, 1.82) is 0 Å². The SMILES string of the molecule is C(=C/CCOC1CCCCO1)/CCOC1CCCCO1.CC(=O)O.CC(=O)O.CCCC#CCCOC1CCCCO1.CCO.S=S=S=S=S.S=S=S=S=S=S.[CH3-].[Ni]. The van der Waals surface area contributed by atoms with Crippen LogP contribution in [-0.4, -0.2) is 92.4 Å². The Morgan fingerprint density at radius 2 is 0.948 bits per heavy atom. The number of hydrogen-bond donors (Lipinski definition) is 3. The van der Waals surface area contributed by atoms with Crippen molar-refractivity contribution in [3.63, 3.8) is 0 Å². The van der Waals surface area contributed by atoms with Crippen molar-refractivity contribution in [2.45, 2.75) is 136 Å². The maximum Gasteiger partial charge on any atom is 0.300 e. The molecule has 3 heterocycles. The van der Waals surface area contributed by atoms with Crippen molar-refractivity contribution >= 4 is 119 Å². The van der Waals surface area contributed by atoms with Gasteiger partial charge in [0.25, 0.3) is 11.9 Å². The van der Waals surface area contributed by atoms with Crippen LogP contribution >= 0.6 is 0 Å². The zero-order chi connectivity index (χ0) is 42.8. The van der Waals surface area contributed by atoms with Crippen molar-refractivity contribution < 1.29 is 69.8 Å². The Kier molecular flexibility index (Phi) is 78.4. The van der Waals surface area contributed by atoms with E-state index >= 15 is 0 Å². The van der Waals surface area contributed by atoms with Gasteiger partial charge in [-0.2, -0.15) is 0 Å². The first-order chi connectivity index (χ1) is 27.1. The van der Waals surface area contributed by atoms with Crippen LogP contribution in [-0.2, 0) is 161 Å². The largest absolute Gasteiger partial charge is 0.481 e. The molecule has 0 radical (unpaired) electrons. The molecule has 3 aliphatic heterocycles. The molecule has 0 bridgehead atoms. The number of aliphatic carboxylic acids is 2. The molecule has 0 spiro atoms. The van der Waals surface area contributed by atoms with Gasteiger partial charge in [-0.05, 0) is 84.0 Å². The van der Waals surface area contributed by atoms with E-state index in [0.717, 1.165) is 98.2 Å². The van der Waals surface area contributed by atoms with E-state index in [1.165, 1.54) is 101 Å². The molecule has 0 aromatic rings. The average molecular weight is 1070 g/mol. The summed E-state index contributed by atoms with van der Waals surface area (Å²) in [5.41, 5.74) is 0. The van der Waals surface area contributed by atoms with Crippen molar-refractivity contribution in [1.82, 2.24) is 0 Å². The maximum atomic E-state index is 9.00. The van der Waals surface area contributed by atoms with Crippen molar-refractivity contribution in [3.8, 4) is 11.8 Å². The van der Waals surface area contributed by atoms with Gasteiger partial charge in [0.2, 0.25) is 0 Å². The molecule has 11 nitrogen and oxygen atoms in total. The minimum Gasteiger partial charge on any atom is -0.481 e. The number of aliphatic hydroxyl groups excluding tert-OH is 1. The van der Waals surface area contributed by atoms with Gasteiger partial charge in [-0.25, -0.2) is 0 Å². The summed E-state index contributed by atoms with van der Waals surface area (Å²) in [5.74, 6) is 4.53. The van der Waals surface area contributed by atoms with Crippen molar-refractivity contribution in [3.05, 3.63) is 19.6 Å². The van der Waals surface area contributed by atoms with Gasteiger partial charge in [0, 0.05) is 177 Å². The van der Waals surface area contributed by atoms with Crippen molar-refractivity contribution in [2.24, 2.45) is 0 Å². The first-order valence-electron chi connectivity index (χ1n) is 18.1. The number of carboxylic acid groups (broad SMARTS) is 2. The fourth-order valence-electron chi connectivity index (χ4n) is 3.88. The third-order valence-corrected chi connectivity index (χ3v) is 17.0. The summed E-state index contributed by atoms with van der Waals surface area (Å²) < 4.78 is 33.3.